The highest BCUT2D eigenvalue weighted by Crippen LogP contribution is 2.25. The molecule has 0 fully saturated rings. The molecule has 0 saturated carbocycles. The second kappa shape index (κ2) is 7.18. The van der Waals surface area contributed by atoms with Gasteiger partial charge in [0.2, 0.25) is 0 Å². The molecule has 1 atom stereocenters. The molecule has 0 aliphatic heterocycles. The van der Waals surface area contributed by atoms with Crippen molar-refractivity contribution in [3.05, 3.63) is 64.7 Å². The van der Waals surface area contributed by atoms with Gasteiger partial charge in [0.15, 0.2) is 6.10 Å². The largest absolute Gasteiger partial charge is 0.449 e. The van der Waals surface area contributed by atoms with Gasteiger partial charge in [-0.2, -0.15) is 5.26 Å². The van der Waals surface area contributed by atoms with Gasteiger partial charge in [-0.25, -0.2) is 4.79 Å². The number of anilines is 1. The predicted octanol–water partition coefficient (Wildman–Crippen LogP) is 3.23. The summed E-state index contributed by atoms with van der Waals surface area (Å²) < 4.78 is 5.20. The number of amides is 1. The third kappa shape index (κ3) is 3.86. The van der Waals surface area contributed by atoms with Crippen LogP contribution in [0.5, 0.6) is 0 Å². The van der Waals surface area contributed by atoms with Crippen molar-refractivity contribution in [2.45, 2.75) is 32.3 Å². The summed E-state index contributed by atoms with van der Waals surface area (Å²) in [6.07, 6.45) is 2.31. The highest BCUT2D eigenvalue weighted by Gasteiger charge is 2.20. The summed E-state index contributed by atoms with van der Waals surface area (Å²) >= 11 is 0. The smallest absolute Gasteiger partial charge is 0.338 e. The van der Waals surface area contributed by atoms with E-state index in [0.29, 0.717) is 11.3 Å². The Labute approximate surface area is 146 Å². The molecule has 5 nitrogen and oxygen atoms in total. The molecule has 1 aliphatic carbocycles. The third-order valence-electron chi connectivity index (χ3n) is 4.25. The molecule has 5 heteroatoms. The van der Waals surface area contributed by atoms with E-state index >= 15 is 0 Å². The molecule has 2 aromatic rings. The first-order chi connectivity index (χ1) is 12.1. The Kier molecular flexibility index (Phi) is 4.80. The van der Waals surface area contributed by atoms with Crippen LogP contribution in [0.15, 0.2) is 42.5 Å². The quantitative estimate of drug-likeness (QED) is 0.871. The van der Waals surface area contributed by atoms with Crippen molar-refractivity contribution in [1.82, 2.24) is 0 Å². The minimum Gasteiger partial charge on any atom is -0.449 e. The van der Waals surface area contributed by atoms with Crippen LogP contribution in [0.1, 0.15) is 40.4 Å². The van der Waals surface area contributed by atoms with Gasteiger partial charge < -0.3 is 10.1 Å². The van der Waals surface area contributed by atoms with E-state index in [4.69, 9.17) is 10.00 Å². The van der Waals surface area contributed by atoms with Gasteiger partial charge in [0.1, 0.15) is 0 Å². The third-order valence-corrected chi connectivity index (χ3v) is 4.25. The van der Waals surface area contributed by atoms with Crippen LogP contribution >= 0.6 is 0 Å². The van der Waals surface area contributed by atoms with Crippen molar-refractivity contribution >= 4 is 17.6 Å². The van der Waals surface area contributed by atoms with Crippen LogP contribution in [0.4, 0.5) is 5.69 Å². The lowest BCUT2D eigenvalue weighted by molar-refractivity contribution is -0.123. The van der Waals surface area contributed by atoms with Crippen molar-refractivity contribution in [3.63, 3.8) is 0 Å². The fraction of sp³-hybridized carbons (Fsp3) is 0.250. The van der Waals surface area contributed by atoms with E-state index in [1.165, 1.54) is 24.1 Å². The maximum absolute atomic E-state index is 12.3. The SMILES string of the molecule is C[C@@H](OC(=O)c1cccc(C#N)c1)C(=O)Nc1ccc2c(c1)CCC2. The summed E-state index contributed by atoms with van der Waals surface area (Å²) in [6, 6.07) is 14.0. The summed E-state index contributed by atoms with van der Waals surface area (Å²) in [7, 11) is 0. The van der Waals surface area contributed by atoms with Crippen molar-refractivity contribution in [1.29, 1.82) is 5.26 Å². The lowest BCUT2D eigenvalue weighted by atomic mass is 10.1. The zero-order chi connectivity index (χ0) is 17.8. The molecule has 0 radical (unpaired) electrons. The van der Waals surface area contributed by atoms with Crippen LogP contribution in [0.3, 0.4) is 0 Å². The number of nitrogens with one attached hydrogen (secondary N) is 1. The maximum atomic E-state index is 12.3. The van der Waals surface area contributed by atoms with Crippen molar-refractivity contribution in [2.24, 2.45) is 0 Å². The number of rotatable bonds is 4. The number of carbonyl (C=O) groups excluding carboxylic acids is 2. The summed E-state index contributed by atoms with van der Waals surface area (Å²) in [5, 5.41) is 11.7. The standard InChI is InChI=1S/C20H18N2O3/c1-13(25-20(24)17-7-2-4-14(10-17)12-21)19(23)22-18-9-8-15-5-3-6-16(15)11-18/h2,4,7-11,13H,3,5-6H2,1H3,(H,22,23)/t13-/m1/s1. The van der Waals surface area contributed by atoms with Crippen LogP contribution in [0.2, 0.25) is 0 Å². The van der Waals surface area contributed by atoms with Crippen molar-refractivity contribution in [3.8, 4) is 6.07 Å². The molecule has 3 rings (SSSR count). The summed E-state index contributed by atoms with van der Waals surface area (Å²) in [4.78, 5) is 24.4. The fourth-order valence-corrected chi connectivity index (χ4v) is 2.89. The first-order valence-corrected chi connectivity index (χ1v) is 8.20. The molecule has 1 amide bonds. The Morgan fingerprint density at radius 1 is 1.16 bits per heavy atom. The first-order valence-electron chi connectivity index (χ1n) is 8.20. The molecular formula is C20H18N2O3. The van der Waals surface area contributed by atoms with E-state index in [-0.39, 0.29) is 11.5 Å². The van der Waals surface area contributed by atoms with Gasteiger partial charge in [-0.05, 0) is 67.6 Å². The lowest BCUT2D eigenvalue weighted by Gasteiger charge is -2.14. The van der Waals surface area contributed by atoms with E-state index in [9.17, 15) is 9.59 Å². The number of carbonyl (C=O) groups is 2. The molecule has 0 saturated heterocycles. The predicted molar refractivity (Wildman–Crippen MR) is 93.1 cm³/mol. The van der Waals surface area contributed by atoms with E-state index in [1.807, 2.05) is 24.3 Å². The molecule has 0 heterocycles. The summed E-state index contributed by atoms with van der Waals surface area (Å²) in [5.74, 6) is -1.02. The van der Waals surface area contributed by atoms with Gasteiger partial charge in [-0.3, -0.25) is 4.79 Å². The van der Waals surface area contributed by atoms with E-state index in [1.54, 1.807) is 18.2 Å². The number of nitrogens with zero attached hydrogens (tertiary/aromatic N) is 1. The molecule has 25 heavy (non-hydrogen) atoms. The summed E-state index contributed by atoms with van der Waals surface area (Å²) in [5.41, 5.74) is 3.91. The van der Waals surface area contributed by atoms with E-state index < -0.39 is 12.1 Å². The molecule has 0 unspecified atom stereocenters. The highest BCUT2D eigenvalue weighted by atomic mass is 16.5. The van der Waals surface area contributed by atoms with E-state index in [2.05, 4.69) is 5.32 Å². The second-order valence-corrected chi connectivity index (χ2v) is 6.07. The Hall–Kier alpha value is -3.13. The summed E-state index contributed by atoms with van der Waals surface area (Å²) in [6.45, 7) is 1.52. The molecule has 0 spiro atoms. The van der Waals surface area contributed by atoms with Crippen molar-refractivity contribution in [2.75, 3.05) is 5.32 Å². The van der Waals surface area contributed by atoms with Gasteiger partial charge in [-0.15, -0.1) is 0 Å². The van der Waals surface area contributed by atoms with Gasteiger partial charge in [-0.1, -0.05) is 12.1 Å². The number of aryl methyl sites for hydroxylation is 2. The lowest BCUT2D eigenvalue weighted by Crippen LogP contribution is -2.30. The topological polar surface area (TPSA) is 79.2 Å². The van der Waals surface area contributed by atoms with Crippen LogP contribution in [-0.2, 0) is 22.4 Å². The van der Waals surface area contributed by atoms with Gasteiger partial charge >= 0.3 is 5.97 Å². The zero-order valence-corrected chi connectivity index (χ0v) is 13.9. The number of ether oxygens (including phenoxy) is 1. The number of hydrogen-bond donors (Lipinski definition) is 1. The van der Waals surface area contributed by atoms with Crippen LogP contribution in [0, 0.1) is 11.3 Å². The average Bonchev–Trinajstić information content (AvgIpc) is 3.09. The number of hydrogen-bond acceptors (Lipinski definition) is 4. The van der Waals surface area contributed by atoms with Crippen LogP contribution in [0.25, 0.3) is 0 Å². The Balaban J connectivity index is 1.62. The van der Waals surface area contributed by atoms with Gasteiger partial charge in [0, 0.05) is 5.69 Å². The molecule has 126 valence electrons. The number of nitriles is 1. The number of esters is 1. The normalized spacial score (nSPS) is 13.4. The van der Waals surface area contributed by atoms with Crippen LogP contribution < -0.4 is 5.32 Å². The van der Waals surface area contributed by atoms with Gasteiger partial charge in [0.05, 0.1) is 17.2 Å². The fourth-order valence-electron chi connectivity index (χ4n) is 2.89. The minimum atomic E-state index is -0.938. The Morgan fingerprint density at radius 3 is 2.76 bits per heavy atom. The maximum Gasteiger partial charge on any atom is 0.338 e. The highest BCUT2D eigenvalue weighted by molar-refractivity contribution is 5.97. The average molecular weight is 334 g/mol. The molecule has 0 aromatic heterocycles. The minimum absolute atomic E-state index is 0.247. The second-order valence-electron chi connectivity index (χ2n) is 6.07. The van der Waals surface area contributed by atoms with Gasteiger partial charge in [0.25, 0.3) is 5.91 Å². The molecular weight excluding hydrogens is 316 g/mol. The Bertz CT molecular complexity index is 867. The zero-order valence-electron chi connectivity index (χ0n) is 13.9. The number of benzene rings is 2. The van der Waals surface area contributed by atoms with Crippen molar-refractivity contribution < 1.29 is 14.3 Å². The first kappa shape index (κ1) is 16.7. The van der Waals surface area contributed by atoms with E-state index in [0.717, 1.165) is 19.3 Å². The molecule has 0 bridgehead atoms. The number of fused-ring (bicyclic) bond motifs is 1. The molecule has 1 aliphatic rings. The molecule has 1 N–H and O–H groups in total. The van der Waals surface area contributed by atoms with Crippen LogP contribution in [-0.4, -0.2) is 18.0 Å². The monoisotopic (exact) mass is 334 g/mol. The molecule has 2 aromatic carbocycles. The Morgan fingerprint density at radius 2 is 1.96 bits per heavy atom.